The van der Waals surface area contributed by atoms with Crippen molar-refractivity contribution in [3.8, 4) is 0 Å². The topological polar surface area (TPSA) is 94.8 Å². The van der Waals surface area contributed by atoms with E-state index in [2.05, 4.69) is 6.92 Å². The van der Waals surface area contributed by atoms with Gasteiger partial charge in [-0.1, -0.05) is 44.1 Å². The summed E-state index contributed by atoms with van der Waals surface area (Å²) in [5.41, 5.74) is 0. The van der Waals surface area contributed by atoms with Crippen molar-refractivity contribution in [3.63, 3.8) is 0 Å². The smallest absolute Gasteiger partial charge is 0.303 e. The normalized spacial score (nSPS) is 25.2. The SMILES string of the molecule is CCCCC(O)C/C=C/[C@H]1C(O)CC(=O)[C@@H]1C/C=C/CCCC(=O)O. The van der Waals surface area contributed by atoms with Gasteiger partial charge in [0.05, 0.1) is 12.2 Å². The number of aliphatic hydroxyl groups is 2. The second kappa shape index (κ2) is 12.0. The largest absolute Gasteiger partial charge is 0.481 e. The van der Waals surface area contributed by atoms with E-state index in [1.165, 1.54) is 0 Å². The van der Waals surface area contributed by atoms with Gasteiger partial charge in [0.15, 0.2) is 0 Å². The zero-order valence-corrected chi connectivity index (χ0v) is 15.1. The number of carbonyl (C=O) groups is 2. The van der Waals surface area contributed by atoms with Crippen molar-refractivity contribution >= 4 is 11.8 Å². The van der Waals surface area contributed by atoms with E-state index < -0.39 is 12.1 Å². The number of aliphatic hydroxyl groups excluding tert-OH is 2. The van der Waals surface area contributed by atoms with Gasteiger partial charge in [0.25, 0.3) is 0 Å². The summed E-state index contributed by atoms with van der Waals surface area (Å²) in [6, 6.07) is 0. The molecule has 0 saturated heterocycles. The first-order valence-corrected chi connectivity index (χ1v) is 9.38. The molecule has 142 valence electrons. The van der Waals surface area contributed by atoms with Crippen LogP contribution in [-0.4, -0.2) is 39.3 Å². The minimum atomic E-state index is -0.797. The zero-order valence-electron chi connectivity index (χ0n) is 15.1. The molecule has 0 spiro atoms. The van der Waals surface area contributed by atoms with Crippen LogP contribution in [0.1, 0.15) is 64.7 Å². The summed E-state index contributed by atoms with van der Waals surface area (Å²) in [4.78, 5) is 22.5. The predicted octanol–water partition coefficient (Wildman–Crippen LogP) is 3.25. The molecule has 0 heterocycles. The fourth-order valence-corrected chi connectivity index (χ4v) is 3.21. The van der Waals surface area contributed by atoms with E-state index in [1.54, 1.807) is 0 Å². The van der Waals surface area contributed by atoms with E-state index in [9.17, 15) is 19.8 Å². The molecule has 0 aromatic carbocycles. The predicted molar refractivity (Wildman–Crippen MR) is 97.1 cm³/mol. The van der Waals surface area contributed by atoms with Crippen LogP contribution in [-0.2, 0) is 9.59 Å². The highest BCUT2D eigenvalue weighted by Gasteiger charge is 2.38. The van der Waals surface area contributed by atoms with E-state index in [0.717, 1.165) is 19.3 Å². The average molecular weight is 352 g/mol. The Kier molecular flexibility index (Phi) is 10.3. The van der Waals surface area contributed by atoms with Crippen LogP contribution >= 0.6 is 0 Å². The van der Waals surface area contributed by atoms with Crippen LogP contribution in [0.15, 0.2) is 24.3 Å². The lowest BCUT2D eigenvalue weighted by Crippen LogP contribution is -2.18. The van der Waals surface area contributed by atoms with Crippen molar-refractivity contribution in [2.75, 3.05) is 0 Å². The number of carboxylic acid groups (broad SMARTS) is 1. The molecular weight excluding hydrogens is 320 g/mol. The van der Waals surface area contributed by atoms with E-state index in [-0.39, 0.29) is 36.6 Å². The van der Waals surface area contributed by atoms with Crippen LogP contribution in [0.5, 0.6) is 0 Å². The zero-order chi connectivity index (χ0) is 18.7. The van der Waals surface area contributed by atoms with Crippen molar-refractivity contribution in [2.24, 2.45) is 11.8 Å². The van der Waals surface area contributed by atoms with Crippen molar-refractivity contribution in [1.82, 2.24) is 0 Å². The van der Waals surface area contributed by atoms with Gasteiger partial charge < -0.3 is 15.3 Å². The molecule has 2 unspecified atom stereocenters. The summed E-state index contributed by atoms with van der Waals surface area (Å²) in [5, 5.41) is 28.6. The molecule has 1 fully saturated rings. The third-order valence-electron chi connectivity index (χ3n) is 4.71. The number of hydrogen-bond donors (Lipinski definition) is 3. The maximum absolute atomic E-state index is 12.1. The molecule has 25 heavy (non-hydrogen) atoms. The Labute approximate surface area is 150 Å². The molecular formula is C20H32O5. The maximum Gasteiger partial charge on any atom is 0.303 e. The van der Waals surface area contributed by atoms with E-state index in [1.807, 2.05) is 24.3 Å². The van der Waals surface area contributed by atoms with Crippen molar-refractivity contribution in [2.45, 2.75) is 76.9 Å². The highest BCUT2D eigenvalue weighted by Crippen LogP contribution is 2.33. The van der Waals surface area contributed by atoms with E-state index in [4.69, 9.17) is 5.11 Å². The summed E-state index contributed by atoms with van der Waals surface area (Å²) >= 11 is 0. The lowest BCUT2D eigenvalue weighted by atomic mass is 9.90. The number of unbranched alkanes of at least 4 members (excludes halogenated alkanes) is 2. The quantitative estimate of drug-likeness (QED) is 0.370. The van der Waals surface area contributed by atoms with E-state index >= 15 is 0 Å². The first-order chi connectivity index (χ1) is 12.0. The molecule has 0 aromatic heterocycles. The molecule has 1 aliphatic carbocycles. The summed E-state index contributed by atoms with van der Waals surface area (Å²) < 4.78 is 0. The van der Waals surface area contributed by atoms with Crippen LogP contribution in [0, 0.1) is 11.8 Å². The van der Waals surface area contributed by atoms with Gasteiger partial charge in [0, 0.05) is 24.7 Å². The molecule has 0 amide bonds. The summed E-state index contributed by atoms with van der Waals surface area (Å²) in [7, 11) is 0. The van der Waals surface area contributed by atoms with Gasteiger partial charge in [-0.25, -0.2) is 0 Å². The number of hydrogen-bond acceptors (Lipinski definition) is 4. The number of carboxylic acids is 1. The van der Waals surface area contributed by atoms with Crippen molar-refractivity contribution in [3.05, 3.63) is 24.3 Å². The second-order valence-electron chi connectivity index (χ2n) is 6.87. The van der Waals surface area contributed by atoms with Gasteiger partial charge in [0.2, 0.25) is 0 Å². The number of Topliss-reactive ketones (excluding diaryl/α,β-unsaturated/α-hetero) is 1. The molecule has 4 atom stereocenters. The Bertz CT molecular complexity index is 469. The van der Waals surface area contributed by atoms with Crippen LogP contribution in [0.4, 0.5) is 0 Å². The molecule has 5 nitrogen and oxygen atoms in total. The Morgan fingerprint density at radius 1 is 1.28 bits per heavy atom. The third kappa shape index (κ3) is 8.45. The second-order valence-corrected chi connectivity index (χ2v) is 6.87. The third-order valence-corrected chi connectivity index (χ3v) is 4.71. The van der Waals surface area contributed by atoms with Gasteiger partial charge >= 0.3 is 5.97 Å². The number of rotatable bonds is 12. The average Bonchev–Trinajstić information content (AvgIpc) is 2.82. The van der Waals surface area contributed by atoms with Crippen LogP contribution in [0.3, 0.4) is 0 Å². The first-order valence-electron chi connectivity index (χ1n) is 9.38. The van der Waals surface area contributed by atoms with Crippen molar-refractivity contribution < 1.29 is 24.9 Å². The lowest BCUT2D eigenvalue weighted by Gasteiger charge is -2.16. The summed E-state index contributed by atoms with van der Waals surface area (Å²) in [6.07, 6.45) is 12.1. The van der Waals surface area contributed by atoms with Crippen LogP contribution in [0.2, 0.25) is 0 Å². The lowest BCUT2D eigenvalue weighted by molar-refractivity contribution is -0.137. The van der Waals surface area contributed by atoms with Gasteiger partial charge in [0.1, 0.15) is 5.78 Å². The minimum absolute atomic E-state index is 0.0730. The fourth-order valence-electron chi connectivity index (χ4n) is 3.21. The highest BCUT2D eigenvalue weighted by molar-refractivity contribution is 5.84. The Morgan fingerprint density at radius 2 is 2.04 bits per heavy atom. The summed E-state index contributed by atoms with van der Waals surface area (Å²) in [6.45, 7) is 2.09. The van der Waals surface area contributed by atoms with Crippen LogP contribution in [0.25, 0.3) is 0 Å². The molecule has 5 heteroatoms. The Morgan fingerprint density at radius 3 is 2.72 bits per heavy atom. The molecule has 0 radical (unpaired) electrons. The summed E-state index contributed by atoms with van der Waals surface area (Å²) in [5.74, 6) is -1.15. The van der Waals surface area contributed by atoms with Gasteiger partial charge in [-0.05, 0) is 32.1 Å². The maximum atomic E-state index is 12.1. The molecule has 0 bridgehead atoms. The van der Waals surface area contributed by atoms with Gasteiger partial charge in [-0.3, -0.25) is 9.59 Å². The van der Waals surface area contributed by atoms with E-state index in [0.29, 0.717) is 25.7 Å². The van der Waals surface area contributed by atoms with Crippen molar-refractivity contribution in [1.29, 1.82) is 0 Å². The fraction of sp³-hybridized carbons (Fsp3) is 0.700. The highest BCUT2D eigenvalue weighted by atomic mass is 16.4. The molecule has 3 N–H and O–H groups in total. The van der Waals surface area contributed by atoms with Gasteiger partial charge in [-0.15, -0.1) is 0 Å². The molecule has 0 aromatic rings. The number of carbonyl (C=O) groups excluding carboxylic acids is 1. The number of allylic oxidation sites excluding steroid dienone is 2. The van der Waals surface area contributed by atoms with Gasteiger partial charge in [-0.2, -0.15) is 0 Å². The monoisotopic (exact) mass is 352 g/mol. The molecule has 1 saturated carbocycles. The number of ketones is 1. The number of aliphatic carboxylic acids is 1. The molecule has 1 rings (SSSR count). The molecule has 1 aliphatic rings. The van der Waals surface area contributed by atoms with Crippen LogP contribution < -0.4 is 0 Å². The minimum Gasteiger partial charge on any atom is -0.481 e. The Hall–Kier alpha value is -1.46. The first kappa shape index (κ1) is 21.6. The standard InChI is InChI=1S/C20H32O5/c1-2-3-9-15(21)10-8-12-17-16(18(22)14-19(17)23)11-6-4-5-7-13-20(24)25/h4,6,8,12,15-17,19,21,23H,2-3,5,7,9-11,13-14H2,1H3,(H,24,25)/b6-4+,12-8+/t15?,16-,17-,19?/m1/s1. The molecule has 0 aliphatic heterocycles. The Balaban J connectivity index is 2.45.